The molecule has 7 heteroatoms. The van der Waals surface area contributed by atoms with Gasteiger partial charge >= 0.3 is 0 Å². The second kappa shape index (κ2) is 10.5. The largest absolute Gasteiger partial charge is 0.481 e. The summed E-state index contributed by atoms with van der Waals surface area (Å²) in [6, 6.07) is 12.1. The van der Waals surface area contributed by atoms with Crippen molar-refractivity contribution in [1.82, 2.24) is 15.2 Å². The number of guanidine groups is 1. The molecule has 24 heavy (non-hydrogen) atoms. The van der Waals surface area contributed by atoms with E-state index in [1.165, 1.54) is 5.56 Å². The van der Waals surface area contributed by atoms with Crippen LogP contribution in [0.4, 0.5) is 0 Å². The number of halogens is 2. The summed E-state index contributed by atoms with van der Waals surface area (Å²) in [4.78, 5) is 10.6. The van der Waals surface area contributed by atoms with Crippen LogP contribution in [0.5, 0.6) is 5.88 Å². The third kappa shape index (κ3) is 6.27. The molecule has 0 spiro atoms. The molecule has 0 aliphatic heterocycles. The maximum Gasteiger partial charge on any atom is 0.212 e. The van der Waals surface area contributed by atoms with Crippen molar-refractivity contribution in [2.24, 2.45) is 4.99 Å². The van der Waals surface area contributed by atoms with Gasteiger partial charge in [-0.05, 0) is 23.3 Å². The summed E-state index contributed by atoms with van der Waals surface area (Å²) in [7, 11) is 5.41. The summed E-state index contributed by atoms with van der Waals surface area (Å²) in [5, 5.41) is 3.34. The Balaban J connectivity index is 0.00000288. The SMILES string of the molecule is CN=C(NCc1ccc(OC)nc1)N(C)Cc1ccc(Br)cc1.I. The van der Waals surface area contributed by atoms with Gasteiger partial charge in [-0.3, -0.25) is 4.99 Å². The van der Waals surface area contributed by atoms with E-state index in [9.17, 15) is 0 Å². The third-order valence-corrected chi connectivity index (χ3v) is 3.89. The number of aromatic nitrogens is 1. The molecule has 1 heterocycles. The predicted molar refractivity (Wildman–Crippen MR) is 112 cm³/mol. The minimum absolute atomic E-state index is 0. The molecular weight excluding hydrogens is 483 g/mol. The van der Waals surface area contributed by atoms with E-state index in [0.29, 0.717) is 12.4 Å². The number of nitrogens with zero attached hydrogens (tertiary/aromatic N) is 3. The molecule has 2 aromatic rings. The predicted octanol–water partition coefficient (Wildman–Crippen LogP) is 3.68. The second-order valence-electron chi connectivity index (χ2n) is 5.09. The van der Waals surface area contributed by atoms with Gasteiger partial charge in [-0.15, -0.1) is 24.0 Å². The van der Waals surface area contributed by atoms with Gasteiger partial charge in [0, 0.05) is 43.9 Å². The molecule has 0 unspecified atom stereocenters. The van der Waals surface area contributed by atoms with Crippen molar-refractivity contribution >= 4 is 45.9 Å². The molecule has 2 rings (SSSR count). The summed E-state index contributed by atoms with van der Waals surface area (Å²) >= 11 is 3.45. The van der Waals surface area contributed by atoms with E-state index in [2.05, 4.69) is 48.3 Å². The highest BCUT2D eigenvalue weighted by Crippen LogP contribution is 2.12. The van der Waals surface area contributed by atoms with E-state index >= 15 is 0 Å². The standard InChI is InChI=1S/C17H21BrN4O.HI/c1-19-17(21-11-14-6-9-16(23-3)20-10-14)22(2)12-13-4-7-15(18)8-5-13;/h4-10H,11-12H2,1-3H3,(H,19,21);1H. The number of rotatable bonds is 5. The average Bonchev–Trinajstić information content (AvgIpc) is 2.58. The van der Waals surface area contributed by atoms with Crippen LogP contribution in [-0.4, -0.2) is 37.0 Å². The smallest absolute Gasteiger partial charge is 0.212 e. The molecule has 0 radical (unpaired) electrons. The lowest BCUT2D eigenvalue weighted by atomic mass is 10.2. The minimum Gasteiger partial charge on any atom is -0.481 e. The first-order chi connectivity index (χ1) is 11.1. The van der Waals surface area contributed by atoms with Gasteiger partial charge in [-0.2, -0.15) is 0 Å². The molecular formula is C17H22BrIN4O. The van der Waals surface area contributed by atoms with Crippen molar-refractivity contribution in [3.05, 3.63) is 58.2 Å². The molecule has 5 nitrogen and oxygen atoms in total. The minimum atomic E-state index is 0. The van der Waals surface area contributed by atoms with E-state index in [1.807, 2.05) is 31.3 Å². The van der Waals surface area contributed by atoms with Gasteiger partial charge in [-0.25, -0.2) is 4.98 Å². The van der Waals surface area contributed by atoms with Gasteiger partial charge in [-0.1, -0.05) is 34.1 Å². The molecule has 0 fully saturated rings. The second-order valence-corrected chi connectivity index (χ2v) is 6.01. The average molecular weight is 505 g/mol. The molecule has 1 N–H and O–H groups in total. The first-order valence-corrected chi connectivity index (χ1v) is 8.07. The van der Waals surface area contributed by atoms with Crippen LogP contribution < -0.4 is 10.1 Å². The third-order valence-electron chi connectivity index (χ3n) is 3.36. The molecule has 130 valence electrons. The van der Waals surface area contributed by atoms with E-state index in [4.69, 9.17) is 4.74 Å². The van der Waals surface area contributed by atoms with Gasteiger partial charge in [0.2, 0.25) is 5.88 Å². The van der Waals surface area contributed by atoms with Gasteiger partial charge in [0.05, 0.1) is 7.11 Å². The van der Waals surface area contributed by atoms with Gasteiger partial charge < -0.3 is 15.0 Å². The highest BCUT2D eigenvalue weighted by molar-refractivity contribution is 14.0. The zero-order valence-corrected chi connectivity index (χ0v) is 17.9. The Labute approximate surface area is 168 Å². The van der Waals surface area contributed by atoms with Gasteiger partial charge in [0.25, 0.3) is 0 Å². The maximum absolute atomic E-state index is 5.06. The van der Waals surface area contributed by atoms with Crippen LogP contribution in [0.1, 0.15) is 11.1 Å². The maximum atomic E-state index is 5.06. The number of aliphatic imine (C=N–C) groups is 1. The Hall–Kier alpha value is -1.35. The first-order valence-electron chi connectivity index (χ1n) is 7.27. The van der Waals surface area contributed by atoms with Crippen molar-refractivity contribution in [1.29, 1.82) is 0 Å². The molecule has 0 atom stereocenters. The highest BCUT2D eigenvalue weighted by Gasteiger charge is 2.07. The first kappa shape index (κ1) is 20.7. The molecule has 0 bridgehead atoms. The number of nitrogens with one attached hydrogen (secondary N) is 1. The monoisotopic (exact) mass is 504 g/mol. The zero-order chi connectivity index (χ0) is 16.7. The number of hydrogen-bond acceptors (Lipinski definition) is 3. The molecule has 1 aromatic heterocycles. The molecule has 0 aliphatic rings. The molecule has 0 aliphatic carbocycles. The number of pyridine rings is 1. The van der Waals surface area contributed by atoms with Crippen LogP contribution in [0.3, 0.4) is 0 Å². The van der Waals surface area contributed by atoms with Crippen LogP contribution in [0.15, 0.2) is 52.1 Å². The van der Waals surface area contributed by atoms with Crippen molar-refractivity contribution in [3.8, 4) is 5.88 Å². The summed E-state index contributed by atoms with van der Waals surface area (Å²) in [5.74, 6) is 1.45. The molecule has 0 saturated carbocycles. The van der Waals surface area contributed by atoms with Crippen LogP contribution in [0, 0.1) is 0 Å². The van der Waals surface area contributed by atoms with Crippen molar-refractivity contribution in [2.45, 2.75) is 13.1 Å². The van der Waals surface area contributed by atoms with Crippen LogP contribution >= 0.6 is 39.9 Å². The zero-order valence-electron chi connectivity index (χ0n) is 14.0. The highest BCUT2D eigenvalue weighted by atomic mass is 127. The number of benzene rings is 1. The van der Waals surface area contributed by atoms with Crippen LogP contribution in [0.2, 0.25) is 0 Å². The van der Waals surface area contributed by atoms with E-state index in [1.54, 1.807) is 20.4 Å². The summed E-state index contributed by atoms with van der Waals surface area (Å²) in [6.45, 7) is 1.45. The molecule has 1 aromatic carbocycles. The number of methoxy groups -OCH3 is 1. The van der Waals surface area contributed by atoms with E-state index in [0.717, 1.165) is 22.5 Å². The van der Waals surface area contributed by atoms with E-state index in [-0.39, 0.29) is 24.0 Å². The Morgan fingerprint density at radius 3 is 2.42 bits per heavy atom. The van der Waals surface area contributed by atoms with Crippen molar-refractivity contribution in [3.63, 3.8) is 0 Å². The summed E-state index contributed by atoms with van der Waals surface area (Å²) in [6.07, 6.45) is 1.80. The van der Waals surface area contributed by atoms with Gasteiger partial charge in [0.1, 0.15) is 0 Å². The lowest BCUT2D eigenvalue weighted by Gasteiger charge is -2.22. The molecule has 0 saturated heterocycles. The van der Waals surface area contributed by atoms with Crippen LogP contribution in [0.25, 0.3) is 0 Å². The Bertz CT molecular complexity index is 647. The number of hydrogen-bond donors (Lipinski definition) is 1. The Morgan fingerprint density at radius 1 is 1.21 bits per heavy atom. The van der Waals surface area contributed by atoms with Crippen molar-refractivity contribution < 1.29 is 4.74 Å². The van der Waals surface area contributed by atoms with Gasteiger partial charge in [0.15, 0.2) is 5.96 Å². The van der Waals surface area contributed by atoms with Crippen molar-refractivity contribution in [2.75, 3.05) is 21.2 Å². The normalized spacial score (nSPS) is 10.8. The Morgan fingerprint density at radius 2 is 1.88 bits per heavy atom. The quantitative estimate of drug-likeness (QED) is 0.383. The fourth-order valence-corrected chi connectivity index (χ4v) is 2.40. The fraction of sp³-hybridized carbons (Fsp3) is 0.294. The van der Waals surface area contributed by atoms with E-state index < -0.39 is 0 Å². The molecule has 0 amide bonds. The lowest BCUT2D eigenvalue weighted by molar-refractivity contribution is 0.397. The summed E-state index contributed by atoms with van der Waals surface area (Å²) in [5.41, 5.74) is 2.30. The Kier molecular flexibility index (Phi) is 9.05. The van der Waals surface area contributed by atoms with Crippen LogP contribution in [-0.2, 0) is 13.1 Å². The lowest BCUT2D eigenvalue weighted by Crippen LogP contribution is -2.38. The number of ether oxygens (including phenoxy) is 1. The summed E-state index contributed by atoms with van der Waals surface area (Å²) < 4.78 is 6.14. The fourth-order valence-electron chi connectivity index (χ4n) is 2.14. The topological polar surface area (TPSA) is 49.8 Å².